The van der Waals surface area contributed by atoms with Crippen LogP contribution in [0.5, 0.6) is 0 Å². The van der Waals surface area contributed by atoms with Crippen LogP contribution < -0.4 is 9.62 Å². The minimum atomic E-state index is -3.35. The quantitative estimate of drug-likeness (QED) is 0.508. The van der Waals surface area contributed by atoms with E-state index in [2.05, 4.69) is 5.32 Å². The maximum Gasteiger partial charge on any atom is 0.338 e. The molecule has 1 fully saturated rings. The zero-order valence-corrected chi connectivity index (χ0v) is 19.3. The SMILES string of the molecule is O=C(COC(=O)c1cccc(N2CCCS2(=O)=O)c1)Nc1ccccc1Sc1ccccc1. The summed E-state index contributed by atoms with van der Waals surface area (Å²) in [7, 11) is -3.35. The molecule has 170 valence electrons. The van der Waals surface area contributed by atoms with Crippen molar-refractivity contribution in [2.24, 2.45) is 0 Å². The smallest absolute Gasteiger partial charge is 0.338 e. The van der Waals surface area contributed by atoms with Crippen LogP contribution in [0, 0.1) is 0 Å². The van der Waals surface area contributed by atoms with Crippen molar-refractivity contribution in [3.8, 4) is 0 Å². The summed E-state index contributed by atoms with van der Waals surface area (Å²) in [6.07, 6.45) is 0.543. The van der Waals surface area contributed by atoms with Gasteiger partial charge >= 0.3 is 5.97 Å². The van der Waals surface area contributed by atoms with Gasteiger partial charge in [0.1, 0.15) is 0 Å². The van der Waals surface area contributed by atoms with Crippen molar-refractivity contribution in [3.63, 3.8) is 0 Å². The largest absolute Gasteiger partial charge is 0.452 e. The molecule has 33 heavy (non-hydrogen) atoms. The van der Waals surface area contributed by atoms with Crippen LogP contribution in [0.1, 0.15) is 16.8 Å². The van der Waals surface area contributed by atoms with E-state index in [-0.39, 0.29) is 11.3 Å². The molecule has 1 aliphatic rings. The number of nitrogens with one attached hydrogen (secondary N) is 1. The fraction of sp³-hybridized carbons (Fsp3) is 0.167. The molecular formula is C24H22N2O5S2. The Morgan fingerprint density at radius 3 is 2.48 bits per heavy atom. The average molecular weight is 483 g/mol. The van der Waals surface area contributed by atoms with Gasteiger partial charge in [-0.3, -0.25) is 9.10 Å². The van der Waals surface area contributed by atoms with Crippen LogP contribution in [0.15, 0.2) is 88.7 Å². The summed E-state index contributed by atoms with van der Waals surface area (Å²) < 4.78 is 30.7. The number of ether oxygens (including phenoxy) is 1. The number of amides is 1. The Kier molecular flexibility index (Phi) is 7.00. The van der Waals surface area contributed by atoms with Gasteiger partial charge in [0.15, 0.2) is 6.61 Å². The lowest BCUT2D eigenvalue weighted by Crippen LogP contribution is -2.25. The molecule has 0 saturated carbocycles. The molecule has 1 heterocycles. The van der Waals surface area contributed by atoms with Gasteiger partial charge in [0.2, 0.25) is 10.0 Å². The average Bonchev–Trinajstić information content (AvgIpc) is 3.18. The Morgan fingerprint density at radius 2 is 1.73 bits per heavy atom. The van der Waals surface area contributed by atoms with Crippen molar-refractivity contribution in [2.75, 3.05) is 28.5 Å². The molecule has 3 aromatic carbocycles. The monoisotopic (exact) mass is 482 g/mol. The zero-order chi connectivity index (χ0) is 23.3. The topological polar surface area (TPSA) is 92.8 Å². The van der Waals surface area contributed by atoms with Crippen molar-refractivity contribution >= 4 is 45.0 Å². The second-order valence-electron chi connectivity index (χ2n) is 7.33. The number of hydrogen-bond donors (Lipinski definition) is 1. The van der Waals surface area contributed by atoms with E-state index in [9.17, 15) is 18.0 Å². The number of nitrogens with zero attached hydrogens (tertiary/aromatic N) is 1. The summed E-state index contributed by atoms with van der Waals surface area (Å²) in [5.74, 6) is -1.08. The first kappa shape index (κ1) is 22.9. The summed E-state index contributed by atoms with van der Waals surface area (Å²) in [6, 6.07) is 23.4. The number of carbonyl (C=O) groups excluding carboxylic acids is 2. The molecule has 0 aromatic heterocycles. The fourth-order valence-electron chi connectivity index (χ4n) is 3.39. The zero-order valence-electron chi connectivity index (χ0n) is 17.6. The molecule has 0 aliphatic carbocycles. The first-order valence-corrected chi connectivity index (χ1v) is 12.7. The minimum Gasteiger partial charge on any atom is -0.452 e. The van der Waals surface area contributed by atoms with Gasteiger partial charge < -0.3 is 10.1 Å². The van der Waals surface area contributed by atoms with Gasteiger partial charge in [0.25, 0.3) is 5.91 Å². The lowest BCUT2D eigenvalue weighted by molar-refractivity contribution is -0.119. The Bertz CT molecular complexity index is 1260. The van der Waals surface area contributed by atoms with Crippen LogP contribution >= 0.6 is 11.8 Å². The molecule has 1 aliphatic heterocycles. The van der Waals surface area contributed by atoms with Crippen LogP contribution in [0.4, 0.5) is 11.4 Å². The van der Waals surface area contributed by atoms with Gasteiger partial charge in [0.05, 0.1) is 22.7 Å². The van der Waals surface area contributed by atoms with E-state index in [1.54, 1.807) is 18.2 Å². The Labute approximate surface area is 196 Å². The molecule has 9 heteroatoms. The molecule has 1 saturated heterocycles. The number of hydrogen-bond acceptors (Lipinski definition) is 6. The summed E-state index contributed by atoms with van der Waals surface area (Å²) >= 11 is 1.51. The van der Waals surface area contributed by atoms with Gasteiger partial charge in [0, 0.05) is 16.3 Å². The van der Waals surface area contributed by atoms with Crippen LogP contribution in [-0.2, 0) is 19.6 Å². The number of esters is 1. The predicted octanol–water partition coefficient (Wildman–Crippen LogP) is 4.17. The lowest BCUT2D eigenvalue weighted by Gasteiger charge is -2.17. The van der Waals surface area contributed by atoms with Gasteiger partial charge in [-0.25, -0.2) is 13.2 Å². The molecule has 1 N–H and O–H groups in total. The molecule has 1 amide bonds. The summed E-state index contributed by atoms with van der Waals surface area (Å²) in [6.45, 7) is -0.0843. The highest BCUT2D eigenvalue weighted by Crippen LogP contribution is 2.33. The second kappa shape index (κ2) is 10.1. The van der Waals surface area contributed by atoms with Gasteiger partial charge in [-0.1, -0.05) is 48.2 Å². The minimum absolute atomic E-state index is 0.0892. The van der Waals surface area contributed by atoms with Crippen molar-refractivity contribution in [1.82, 2.24) is 0 Å². The highest BCUT2D eigenvalue weighted by atomic mass is 32.2. The van der Waals surface area contributed by atoms with E-state index in [1.165, 1.54) is 28.2 Å². The highest BCUT2D eigenvalue weighted by molar-refractivity contribution is 7.99. The first-order chi connectivity index (χ1) is 15.9. The maximum absolute atomic E-state index is 12.5. The third kappa shape index (κ3) is 5.74. The van der Waals surface area contributed by atoms with E-state index in [4.69, 9.17) is 4.74 Å². The lowest BCUT2D eigenvalue weighted by atomic mass is 10.2. The van der Waals surface area contributed by atoms with Crippen LogP contribution in [0.2, 0.25) is 0 Å². The molecule has 4 rings (SSSR count). The number of carbonyl (C=O) groups is 2. The van der Waals surface area contributed by atoms with E-state index in [1.807, 2.05) is 48.5 Å². The molecule has 0 spiro atoms. The molecule has 0 radical (unpaired) electrons. The normalized spacial score (nSPS) is 14.6. The van der Waals surface area contributed by atoms with E-state index >= 15 is 0 Å². The van der Waals surface area contributed by atoms with Crippen molar-refractivity contribution in [3.05, 3.63) is 84.4 Å². The first-order valence-electron chi connectivity index (χ1n) is 10.3. The molecule has 0 unspecified atom stereocenters. The van der Waals surface area contributed by atoms with Crippen LogP contribution in [0.25, 0.3) is 0 Å². The van der Waals surface area contributed by atoms with Crippen LogP contribution in [0.3, 0.4) is 0 Å². The Balaban J connectivity index is 1.37. The molecule has 7 nitrogen and oxygen atoms in total. The van der Waals surface area contributed by atoms with Crippen molar-refractivity contribution in [1.29, 1.82) is 0 Å². The van der Waals surface area contributed by atoms with E-state index in [0.717, 1.165) is 9.79 Å². The number of anilines is 2. The summed E-state index contributed by atoms with van der Waals surface area (Å²) in [5, 5.41) is 2.78. The maximum atomic E-state index is 12.5. The number of benzene rings is 3. The third-order valence-electron chi connectivity index (χ3n) is 4.94. The van der Waals surface area contributed by atoms with Crippen LogP contribution in [-0.4, -0.2) is 39.2 Å². The molecular weight excluding hydrogens is 460 g/mol. The Morgan fingerprint density at radius 1 is 0.970 bits per heavy atom. The molecule has 3 aromatic rings. The Hall–Kier alpha value is -3.30. The predicted molar refractivity (Wildman–Crippen MR) is 128 cm³/mol. The fourth-order valence-corrected chi connectivity index (χ4v) is 5.87. The van der Waals surface area contributed by atoms with E-state index in [0.29, 0.717) is 24.3 Å². The highest BCUT2D eigenvalue weighted by Gasteiger charge is 2.28. The van der Waals surface area contributed by atoms with Gasteiger partial charge in [-0.05, 0) is 48.9 Å². The third-order valence-corrected chi connectivity index (χ3v) is 7.89. The van der Waals surface area contributed by atoms with Crippen molar-refractivity contribution < 1.29 is 22.7 Å². The number of para-hydroxylation sites is 1. The van der Waals surface area contributed by atoms with E-state index < -0.39 is 28.5 Å². The summed E-state index contributed by atoms with van der Waals surface area (Å²) in [4.78, 5) is 26.8. The number of sulfonamides is 1. The standard InChI is InChI=1S/C24H22N2O5S2/c27-23(25-21-12-4-5-13-22(21)32-20-10-2-1-3-11-20)17-31-24(28)18-8-6-9-19(16-18)26-14-7-15-33(26,29)30/h1-6,8-13,16H,7,14-15,17H2,(H,25,27). The number of rotatable bonds is 7. The van der Waals surface area contributed by atoms with Crippen molar-refractivity contribution in [2.45, 2.75) is 16.2 Å². The second-order valence-corrected chi connectivity index (χ2v) is 10.5. The summed E-state index contributed by atoms with van der Waals surface area (Å²) in [5.41, 5.74) is 1.22. The van der Waals surface area contributed by atoms with Gasteiger partial charge in [-0.15, -0.1) is 0 Å². The molecule has 0 bridgehead atoms. The van der Waals surface area contributed by atoms with Gasteiger partial charge in [-0.2, -0.15) is 0 Å². The molecule has 0 atom stereocenters.